The zero-order valence-electron chi connectivity index (χ0n) is 13.6. The van der Waals surface area contributed by atoms with Gasteiger partial charge in [0.15, 0.2) is 0 Å². The first kappa shape index (κ1) is 33.4. The number of aromatic amines is 1. The molecule has 1 N–H and O–H groups in total. The second-order valence-electron chi connectivity index (χ2n) is 3.47. The van der Waals surface area contributed by atoms with E-state index < -0.39 is 0 Å². The van der Waals surface area contributed by atoms with Crippen LogP contribution in [0.25, 0.3) is 10.8 Å². The Kier molecular flexibility index (Phi) is 35.0. The van der Waals surface area contributed by atoms with Gasteiger partial charge in [0.05, 0.1) is 0 Å². The normalized spacial score (nSPS) is 6.82. The van der Waals surface area contributed by atoms with Crippen molar-refractivity contribution in [1.82, 2.24) is 4.98 Å². The van der Waals surface area contributed by atoms with E-state index in [1.165, 1.54) is 10.8 Å². The first-order valence-corrected chi connectivity index (χ1v) is 7.57. The summed E-state index contributed by atoms with van der Waals surface area (Å²) in [6, 6.07) is 18.4. The summed E-state index contributed by atoms with van der Waals surface area (Å²) in [5.41, 5.74) is 0. The van der Waals surface area contributed by atoms with Gasteiger partial charge in [0.25, 0.3) is 0 Å². The van der Waals surface area contributed by atoms with Gasteiger partial charge in [-0.15, -0.1) is 60.7 Å². The van der Waals surface area contributed by atoms with Gasteiger partial charge in [-0.1, -0.05) is 19.2 Å². The van der Waals surface area contributed by atoms with Gasteiger partial charge in [-0.2, -0.15) is 35.8 Å². The van der Waals surface area contributed by atoms with Crippen molar-refractivity contribution in [3.63, 3.8) is 0 Å². The van der Waals surface area contributed by atoms with Gasteiger partial charge in [-0.3, -0.25) is 0 Å². The molecule has 0 amide bonds. The van der Waals surface area contributed by atoms with E-state index in [2.05, 4.69) is 66.7 Å². The molecule has 0 saturated carbocycles. The number of H-pyrrole nitrogens is 1. The first-order valence-electron chi connectivity index (χ1n) is 5.57. The fraction of sp³-hybridized carbons (Fsp3) is 0.118. The Bertz CT molecular complexity index is 451. The summed E-state index contributed by atoms with van der Waals surface area (Å²) in [4.78, 5) is 2.74. The van der Waals surface area contributed by atoms with E-state index >= 15 is 0 Å². The van der Waals surface area contributed by atoms with E-state index in [0.717, 1.165) is 9.52 Å². The predicted octanol–water partition coefficient (Wildman–Crippen LogP) is 5.90. The Balaban J connectivity index is -0.0000000662. The minimum atomic E-state index is 0. The summed E-state index contributed by atoms with van der Waals surface area (Å²) < 4.78 is 0. The number of halogens is 2. The minimum Gasteiger partial charge on any atom is -0.484 e. The molecular weight excluding hydrogens is 408 g/mol. The Hall–Kier alpha value is -0.210. The molecule has 0 spiro atoms. The van der Waals surface area contributed by atoms with Gasteiger partial charge in [-0.05, 0) is 0 Å². The molecule has 0 aliphatic carbocycles. The number of hydrogen-bond acceptors (Lipinski definition) is 0. The Morgan fingerprint density at radius 2 is 1.59 bits per heavy atom. The average molecular weight is 434 g/mol. The summed E-state index contributed by atoms with van der Waals surface area (Å²) >= 11 is 0. The van der Waals surface area contributed by atoms with Gasteiger partial charge in [0.1, 0.15) is 0 Å². The molecular formula is C17H25Cl2NSiZr. The third-order valence-electron chi connectivity index (χ3n) is 1.99. The minimum absolute atomic E-state index is 0. The van der Waals surface area contributed by atoms with Crippen molar-refractivity contribution in [2.24, 2.45) is 0 Å². The summed E-state index contributed by atoms with van der Waals surface area (Å²) in [5, 5.41) is 2.66. The number of aromatic nitrogens is 1. The van der Waals surface area contributed by atoms with Gasteiger partial charge in [0, 0.05) is 9.52 Å². The van der Waals surface area contributed by atoms with Crippen LogP contribution < -0.4 is 0 Å². The van der Waals surface area contributed by atoms with Crippen LogP contribution in [0.15, 0.2) is 60.8 Å². The average Bonchev–Trinajstić information content (AvgIpc) is 3.05. The maximum atomic E-state index is 2.74. The maximum absolute atomic E-state index is 2.74. The van der Waals surface area contributed by atoms with Crippen molar-refractivity contribution in [3.8, 4) is 0 Å². The van der Waals surface area contributed by atoms with Gasteiger partial charge in [0.2, 0.25) is 0 Å². The molecule has 0 aliphatic rings. The van der Waals surface area contributed by atoms with Crippen LogP contribution in [0.4, 0.5) is 0 Å². The SMILES string of the molecule is C[Si]C.Cl.Cl.[CH3-].[CH3-].[Zr+4].[c-]1ccc[nH]1.c1ccc2[cH-]ccc2c1. The molecule has 0 fully saturated rings. The van der Waals surface area contributed by atoms with E-state index in [0.29, 0.717) is 0 Å². The molecule has 1 heterocycles. The van der Waals surface area contributed by atoms with Crippen molar-refractivity contribution in [2.45, 2.75) is 13.1 Å². The molecule has 1 nitrogen and oxygen atoms in total. The molecule has 120 valence electrons. The van der Waals surface area contributed by atoms with Crippen LogP contribution in [-0.4, -0.2) is 14.5 Å². The molecule has 22 heavy (non-hydrogen) atoms. The smallest absolute Gasteiger partial charge is 0.484 e. The van der Waals surface area contributed by atoms with Crippen LogP contribution in [0.2, 0.25) is 13.1 Å². The van der Waals surface area contributed by atoms with Crippen molar-refractivity contribution < 1.29 is 26.2 Å². The molecule has 5 heteroatoms. The van der Waals surface area contributed by atoms with E-state index in [1.54, 1.807) is 0 Å². The summed E-state index contributed by atoms with van der Waals surface area (Å²) in [6.45, 7) is 4.31. The Labute approximate surface area is 170 Å². The molecule has 3 aromatic rings. The molecule has 2 aromatic carbocycles. The number of rotatable bonds is 0. The van der Waals surface area contributed by atoms with Crippen LogP contribution in [0.5, 0.6) is 0 Å². The molecule has 0 aliphatic heterocycles. The van der Waals surface area contributed by atoms with Crippen LogP contribution in [0.3, 0.4) is 0 Å². The van der Waals surface area contributed by atoms with Crippen LogP contribution in [-0.2, 0) is 26.2 Å². The van der Waals surface area contributed by atoms with E-state index in [9.17, 15) is 0 Å². The fourth-order valence-electron chi connectivity index (χ4n) is 1.31. The van der Waals surface area contributed by atoms with Crippen molar-refractivity contribution >= 4 is 45.1 Å². The number of hydrogen-bond donors (Lipinski definition) is 1. The van der Waals surface area contributed by atoms with Crippen LogP contribution in [0.1, 0.15) is 0 Å². The zero-order chi connectivity index (χ0) is 12.3. The quantitative estimate of drug-likeness (QED) is 0.335. The molecule has 2 radical (unpaired) electrons. The molecule has 1 aromatic heterocycles. The molecule has 0 unspecified atom stereocenters. The van der Waals surface area contributed by atoms with Gasteiger partial charge >= 0.3 is 26.2 Å². The zero-order valence-corrected chi connectivity index (χ0v) is 18.7. The third kappa shape index (κ3) is 14.7. The summed E-state index contributed by atoms with van der Waals surface area (Å²) in [6.07, 6.45) is 4.56. The second kappa shape index (κ2) is 23.1. The number of fused-ring (bicyclic) bond motifs is 1. The van der Waals surface area contributed by atoms with E-state index in [1.807, 2.05) is 18.3 Å². The molecule has 0 bridgehead atoms. The fourth-order valence-corrected chi connectivity index (χ4v) is 1.31. The van der Waals surface area contributed by atoms with Crippen molar-refractivity contribution in [1.29, 1.82) is 0 Å². The largest absolute Gasteiger partial charge is 4.00 e. The number of nitrogens with one attached hydrogen (secondary N) is 1. The summed E-state index contributed by atoms with van der Waals surface area (Å²) in [5.74, 6) is 0. The van der Waals surface area contributed by atoms with Crippen LogP contribution >= 0.6 is 24.8 Å². The predicted molar refractivity (Wildman–Crippen MR) is 104 cm³/mol. The van der Waals surface area contributed by atoms with Gasteiger partial charge in [-0.25, -0.2) is 0 Å². The topological polar surface area (TPSA) is 15.8 Å². The van der Waals surface area contributed by atoms with Crippen LogP contribution in [0, 0.1) is 21.1 Å². The Morgan fingerprint density at radius 1 is 1.00 bits per heavy atom. The van der Waals surface area contributed by atoms with E-state index in [-0.39, 0.29) is 65.9 Å². The monoisotopic (exact) mass is 431 g/mol. The maximum Gasteiger partial charge on any atom is 4.00 e. The number of benzene rings is 1. The van der Waals surface area contributed by atoms with E-state index in [4.69, 9.17) is 0 Å². The Morgan fingerprint density at radius 3 is 2.00 bits per heavy atom. The molecule has 0 saturated heterocycles. The first-order chi connectivity index (χ1) is 8.38. The van der Waals surface area contributed by atoms with Crippen molar-refractivity contribution in [2.75, 3.05) is 0 Å². The standard InChI is InChI=1S/C9H7.C4H4N.C2H6Si.2CH3.2ClH.Zr/c1-2-5-9-7-3-6-8(9)4-1;1-2-4-5-3-1;1-3-2;;;;;/h1-7H;1-3,5H;1-2H3;2*1H3;2*1H;/q2*-1;;2*-1;;;+4. The molecule has 0 atom stereocenters. The second-order valence-corrected chi connectivity index (χ2v) is 4.47. The van der Waals surface area contributed by atoms with Crippen molar-refractivity contribution in [3.05, 3.63) is 81.8 Å². The summed E-state index contributed by atoms with van der Waals surface area (Å²) in [7, 11) is 1.08. The molecule has 3 rings (SSSR count). The third-order valence-corrected chi connectivity index (χ3v) is 1.99. The van der Waals surface area contributed by atoms with Gasteiger partial charge < -0.3 is 19.8 Å².